The molecule has 1 aliphatic rings. The van der Waals surface area contributed by atoms with Crippen LogP contribution in [0.1, 0.15) is 43.2 Å². The number of carbonyl (C=O) groups excluding carboxylic acids is 2. The molecule has 2 amide bonds. The topological polar surface area (TPSA) is 105 Å². The van der Waals surface area contributed by atoms with Gasteiger partial charge in [0.1, 0.15) is 12.6 Å². The van der Waals surface area contributed by atoms with Crippen molar-refractivity contribution >= 4 is 29.7 Å². The monoisotopic (exact) mass is 484 g/mol. The fourth-order valence-electron chi connectivity index (χ4n) is 4.19. The van der Waals surface area contributed by atoms with Crippen molar-refractivity contribution in [3.8, 4) is 11.1 Å². The van der Waals surface area contributed by atoms with Crippen LogP contribution in [0.15, 0.2) is 48.5 Å². The maximum absolute atomic E-state index is 12.3. The largest absolute Gasteiger partial charge is 0.480 e. The number of thioether (sulfide) groups is 1. The van der Waals surface area contributed by atoms with Gasteiger partial charge in [-0.3, -0.25) is 4.79 Å². The van der Waals surface area contributed by atoms with Crippen LogP contribution in [-0.2, 0) is 14.3 Å². The number of hydrogen-bond acceptors (Lipinski definition) is 5. The molecule has 0 spiro atoms. The molecule has 0 aliphatic heterocycles. The summed E-state index contributed by atoms with van der Waals surface area (Å²) in [6, 6.07) is 15.5. The number of ether oxygens (including phenoxy) is 1. The Bertz CT molecular complexity index is 967. The molecule has 0 radical (unpaired) electrons. The van der Waals surface area contributed by atoms with Crippen molar-refractivity contribution in [2.24, 2.45) is 5.92 Å². The van der Waals surface area contributed by atoms with E-state index in [4.69, 9.17) is 4.74 Å². The molecule has 1 unspecified atom stereocenters. The van der Waals surface area contributed by atoms with Crippen LogP contribution in [-0.4, -0.2) is 54.3 Å². The number of amides is 2. The Morgan fingerprint density at radius 3 is 2.24 bits per heavy atom. The molecule has 8 heteroatoms. The molecule has 1 aliphatic carbocycles. The van der Waals surface area contributed by atoms with Gasteiger partial charge in [0.25, 0.3) is 0 Å². The molecule has 0 fully saturated rings. The molecule has 3 N–H and O–H groups in total. The van der Waals surface area contributed by atoms with Gasteiger partial charge in [-0.15, -0.1) is 0 Å². The predicted molar refractivity (Wildman–Crippen MR) is 134 cm³/mol. The first-order valence-corrected chi connectivity index (χ1v) is 12.9. The summed E-state index contributed by atoms with van der Waals surface area (Å²) in [6.45, 7) is 2.39. The third-order valence-electron chi connectivity index (χ3n) is 6.10. The van der Waals surface area contributed by atoms with Crippen LogP contribution in [0, 0.1) is 5.92 Å². The van der Waals surface area contributed by atoms with E-state index in [2.05, 4.69) is 34.9 Å². The smallest absolute Gasteiger partial charge is 0.407 e. The highest BCUT2D eigenvalue weighted by Crippen LogP contribution is 2.44. The molecule has 0 heterocycles. The normalized spacial score (nSPS) is 13.9. The second kappa shape index (κ2) is 12.5. The van der Waals surface area contributed by atoms with Crippen molar-refractivity contribution in [1.29, 1.82) is 0 Å². The van der Waals surface area contributed by atoms with Gasteiger partial charge in [-0.1, -0.05) is 55.5 Å². The average molecular weight is 485 g/mol. The summed E-state index contributed by atoms with van der Waals surface area (Å²) < 4.78 is 5.51. The average Bonchev–Trinajstić information content (AvgIpc) is 3.16. The maximum Gasteiger partial charge on any atom is 0.407 e. The minimum absolute atomic E-state index is 0.00940. The molecule has 7 nitrogen and oxygen atoms in total. The fraction of sp³-hybridized carbons (Fsp3) is 0.423. The first kappa shape index (κ1) is 25.6. The van der Waals surface area contributed by atoms with E-state index in [9.17, 15) is 19.5 Å². The Hall–Kier alpha value is -3.00. The van der Waals surface area contributed by atoms with Gasteiger partial charge in [0.05, 0.1) is 0 Å². The van der Waals surface area contributed by atoms with Gasteiger partial charge >= 0.3 is 12.1 Å². The van der Waals surface area contributed by atoms with Crippen LogP contribution in [0.2, 0.25) is 0 Å². The minimum Gasteiger partial charge on any atom is -0.480 e. The quantitative estimate of drug-likeness (QED) is 0.389. The van der Waals surface area contributed by atoms with Gasteiger partial charge in [0.2, 0.25) is 5.91 Å². The predicted octanol–water partition coefficient (Wildman–Crippen LogP) is 4.26. The summed E-state index contributed by atoms with van der Waals surface area (Å²) in [5, 5.41) is 14.6. The zero-order valence-electron chi connectivity index (χ0n) is 19.6. The summed E-state index contributed by atoms with van der Waals surface area (Å²) in [5.41, 5.74) is 4.68. The van der Waals surface area contributed by atoms with E-state index >= 15 is 0 Å². The van der Waals surface area contributed by atoms with Crippen LogP contribution >= 0.6 is 11.8 Å². The Balaban J connectivity index is 1.40. The Kier molecular flexibility index (Phi) is 9.39. The molecule has 0 aromatic heterocycles. The Labute approximate surface area is 204 Å². The van der Waals surface area contributed by atoms with Crippen molar-refractivity contribution < 1.29 is 24.2 Å². The summed E-state index contributed by atoms with van der Waals surface area (Å²) in [5.74, 6) is -0.979. The molecule has 2 aromatic carbocycles. The zero-order valence-corrected chi connectivity index (χ0v) is 20.4. The maximum atomic E-state index is 12.3. The SMILES string of the molecule is CSCC[C@H](NC(=O)C(C)CCCNC(=O)OCC1c2ccccc2-c2ccccc21)C(=O)O. The van der Waals surface area contributed by atoms with Crippen molar-refractivity contribution in [3.05, 3.63) is 59.7 Å². The summed E-state index contributed by atoms with van der Waals surface area (Å²) in [4.78, 5) is 35.9. The molecule has 182 valence electrons. The number of fused-ring (bicyclic) bond motifs is 3. The summed E-state index contributed by atoms with van der Waals surface area (Å²) >= 11 is 1.54. The lowest BCUT2D eigenvalue weighted by molar-refractivity contribution is -0.142. The first-order valence-electron chi connectivity index (χ1n) is 11.5. The molecular weight excluding hydrogens is 452 g/mol. The third kappa shape index (κ3) is 6.53. The summed E-state index contributed by atoms with van der Waals surface area (Å²) in [6.07, 6.45) is 2.92. The van der Waals surface area contributed by atoms with E-state index in [1.165, 1.54) is 11.1 Å². The fourth-order valence-corrected chi connectivity index (χ4v) is 4.66. The lowest BCUT2D eigenvalue weighted by Crippen LogP contribution is -2.43. The van der Waals surface area contributed by atoms with Crippen molar-refractivity contribution in [2.75, 3.05) is 25.2 Å². The Morgan fingerprint density at radius 1 is 1.03 bits per heavy atom. The number of carboxylic acids is 1. The third-order valence-corrected chi connectivity index (χ3v) is 6.74. The zero-order chi connectivity index (χ0) is 24.5. The van der Waals surface area contributed by atoms with Crippen molar-refractivity contribution in [1.82, 2.24) is 10.6 Å². The standard InChI is InChI=1S/C26H32N2O5S/c1-17(24(29)28-23(25(30)31)13-15-34-2)8-7-14-27-26(32)33-16-22-20-11-5-3-9-18(20)19-10-4-6-12-21(19)22/h3-6,9-12,17,22-23H,7-8,13-16H2,1-2H3,(H,27,32)(H,28,29)(H,30,31)/t17?,23-/m0/s1. The number of aliphatic carboxylic acids is 1. The van der Waals surface area contributed by atoms with Gasteiger partial charge in [-0.2, -0.15) is 11.8 Å². The molecule has 2 atom stereocenters. The molecule has 2 aromatic rings. The van der Waals surface area contributed by atoms with Crippen LogP contribution in [0.3, 0.4) is 0 Å². The van der Waals surface area contributed by atoms with Gasteiger partial charge in [-0.05, 0) is 53.5 Å². The second-order valence-electron chi connectivity index (χ2n) is 8.48. The van der Waals surface area contributed by atoms with Gasteiger partial charge in [0.15, 0.2) is 0 Å². The van der Waals surface area contributed by atoms with E-state index in [1.54, 1.807) is 18.7 Å². The van der Waals surface area contributed by atoms with Crippen molar-refractivity contribution in [2.45, 2.75) is 38.1 Å². The molecule has 34 heavy (non-hydrogen) atoms. The number of rotatable bonds is 12. The van der Waals surface area contributed by atoms with E-state index in [0.717, 1.165) is 11.1 Å². The minimum atomic E-state index is -1.02. The highest BCUT2D eigenvalue weighted by atomic mass is 32.2. The van der Waals surface area contributed by atoms with Crippen LogP contribution in [0.25, 0.3) is 11.1 Å². The van der Waals surface area contributed by atoms with Crippen molar-refractivity contribution in [3.63, 3.8) is 0 Å². The Morgan fingerprint density at radius 2 is 1.65 bits per heavy atom. The number of benzene rings is 2. The highest BCUT2D eigenvalue weighted by Gasteiger charge is 2.29. The summed E-state index contributed by atoms with van der Waals surface area (Å²) in [7, 11) is 0. The van der Waals surface area contributed by atoms with Crippen LogP contribution < -0.4 is 10.6 Å². The van der Waals surface area contributed by atoms with Gasteiger partial charge in [0, 0.05) is 18.4 Å². The van der Waals surface area contributed by atoms with Gasteiger partial charge in [-0.25, -0.2) is 9.59 Å². The lowest BCUT2D eigenvalue weighted by Gasteiger charge is -2.18. The van der Waals surface area contributed by atoms with Crippen LogP contribution in [0.4, 0.5) is 4.79 Å². The van der Waals surface area contributed by atoms with E-state index in [-0.39, 0.29) is 24.3 Å². The first-order chi connectivity index (χ1) is 16.4. The number of hydrogen-bond donors (Lipinski definition) is 3. The molecule has 0 bridgehead atoms. The number of nitrogens with one attached hydrogen (secondary N) is 2. The highest BCUT2D eigenvalue weighted by molar-refractivity contribution is 7.98. The molecular formula is C26H32N2O5S. The van der Waals surface area contributed by atoms with E-state index in [0.29, 0.717) is 31.6 Å². The van der Waals surface area contributed by atoms with E-state index in [1.807, 2.05) is 30.5 Å². The molecule has 0 saturated carbocycles. The second-order valence-corrected chi connectivity index (χ2v) is 9.46. The lowest BCUT2D eigenvalue weighted by atomic mass is 9.98. The number of alkyl carbamates (subject to hydrolysis) is 1. The number of carbonyl (C=O) groups is 3. The molecule has 3 rings (SSSR count). The van der Waals surface area contributed by atoms with Crippen LogP contribution in [0.5, 0.6) is 0 Å². The van der Waals surface area contributed by atoms with Gasteiger partial charge < -0.3 is 20.5 Å². The number of carboxylic acid groups (broad SMARTS) is 1. The van der Waals surface area contributed by atoms with E-state index < -0.39 is 18.1 Å². The molecule has 0 saturated heterocycles.